The van der Waals surface area contributed by atoms with Gasteiger partial charge in [0.05, 0.1) is 30.8 Å². The zero-order valence-corrected chi connectivity index (χ0v) is 29.1. The van der Waals surface area contributed by atoms with Crippen LogP contribution >= 0.6 is 0 Å². The number of alkyl halides is 3. The van der Waals surface area contributed by atoms with E-state index in [-0.39, 0.29) is 37.1 Å². The number of aromatic hydroxyl groups is 1. The maximum Gasteiger partial charge on any atom is 0.416 e. The molecule has 0 aromatic heterocycles. The van der Waals surface area contributed by atoms with Gasteiger partial charge in [-0.25, -0.2) is 0 Å². The molecule has 0 radical (unpaired) electrons. The van der Waals surface area contributed by atoms with E-state index in [9.17, 15) is 33.1 Å². The maximum absolute atomic E-state index is 13.3. The van der Waals surface area contributed by atoms with E-state index in [1.165, 1.54) is 32.2 Å². The molecule has 11 nitrogen and oxygen atoms in total. The van der Waals surface area contributed by atoms with Crippen molar-refractivity contribution >= 4 is 18.0 Å². The van der Waals surface area contributed by atoms with E-state index in [1.54, 1.807) is 6.92 Å². The van der Waals surface area contributed by atoms with Crippen molar-refractivity contribution in [2.45, 2.75) is 70.0 Å². The number of hydrogen-bond acceptors (Lipinski definition) is 10. The predicted molar refractivity (Wildman–Crippen MR) is 181 cm³/mol. The lowest BCUT2D eigenvalue weighted by atomic mass is 9.71. The number of benzene rings is 3. The van der Waals surface area contributed by atoms with Crippen LogP contribution in [-0.4, -0.2) is 72.4 Å². The second kappa shape index (κ2) is 13.1. The fraction of sp³-hybridized carbons (Fsp3) is 0.395. The highest BCUT2D eigenvalue weighted by molar-refractivity contribution is 5.91. The highest BCUT2D eigenvalue weighted by atomic mass is 19.4. The number of halogens is 3. The molecule has 3 aromatic rings. The van der Waals surface area contributed by atoms with Crippen molar-refractivity contribution < 1.29 is 46.8 Å². The van der Waals surface area contributed by atoms with E-state index >= 15 is 0 Å². The van der Waals surface area contributed by atoms with Crippen molar-refractivity contribution in [2.24, 2.45) is 0 Å². The van der Waals surface area contributed by atoms with Crippen LogP contribution in [0.4, 0.5) is 13.2 Å². The minimum Gasteiger partial charge on any atom is -0.504 e. The van der Waals surface area contributed by atoms with Crippen molar-refractivity contribution in [1.82, 2.24) is 15.1 Å². The first kappa shape index (κ1) is 35.2. The van der Waals surface area contributed by atoms with Crippen molar-refractivity contribution in [3.8, 4) is 34.8 Å². The number of phenols is 1. The Morgan fingerprint density at radius 2 is 1.87 bits per heavy atom. The molecule has 4 aliphatic rings. The van der Waals surface area contributed by atoms with Crippen LogP contribution in [0.3, 0.4) is 0 Å². The van der Waals surface area contributed by atoms with Gasteiger partial charge in [-0.2, -0.15) is 18.4 Å². The molecule has 2 bridgehead atoms. The Labute approximate surface area is 298 Å². The molecule has 14 heteroatoms. The summed E-state index contributed by atoms with van der Waals surface area (Å²) in [6.07, 6.45) is -1.34. The number of ether oxygens (including phenoxy) is 4. The first-order valence-corrected chi connectivity index (χ1v) is 16.8. The Bertz CT molecular complexity index is 2060. The number of carbonyl (C=O) groups excluding carboxylic acids is 2. The van der Waals surface area contributed by atoms with Gasteiger partial charge in [0.2, 0.25) is 12.7 Å². The Morgan fingerprint density at radius 3 is 2.56 bits per heavy atom. The Balaban J connectivity index is 1.35. The molecule has 52 heavy (non-hydrogen) atoms. The van der Waals surface area contributed by atoms with Crippen molar-refractivity contribution in [3.63, 3.8) is 0 Å². The molecule has 3 aromatic carbocycles. The molecule has 4 aliphatic heterocycles. The quantitative estimate of drug-likeness (QED) is 0.197. The number of hydrogen-bond donors (Lipinski definition) is 2. The monoisotopic (exact) mass is 718 g/mol. The van der Waals surface area contributed by atoms with Crippen molar-refractivity contribution in [1.29, 1.82) is 5.26 Å². The van der Waals surface area contributed by atoms with Gasteiger partial charge in [-0.05, 0) is 68.6 Å². The summed E-state index contributed by atoms with van der Waals surface area (Å²) in [7, 11) is 3.42. The van der Waals surface area contributed by atoms with Crippen LogP contribution in [-0.2, 0) is 28.6 Å². The number of carbonyl (C=O) groups is 2. The van der Waals surface area contributed by atoms with E-state index in [0.717, 1.165) is 29.3 Å². The lowest BCUT2D eigenvalue weighted by Crippen LogP contribution is -2.68. The summed E-state index contributed by atoms with van der Waals surface area (Å²) in [6.45, 7) is 4.78. The van der Waals surface area contributed by atoms with Gasteiger partial charge in [0.1, 0.15) is 11.8 Å². The van der Waals surface area contributed by atoms with E-state index in [0.29, 0.717) is 51.7 Å². The number of piperazine rings is 1. The minimum absolute atomic E-state index is 0.0145. The molecule has 0 spiro atoms. The van der Waals surface area contributed by atoms with Gasteiger partial charge < -0.3 is 29.4 Å². The molecule has 0 aliphatic carbocycles. The zero-order chi connectivity index (χ0) is 37.2. The number of nitriles is 1. The van der Waals surface area contributed by atoms with Crippen LogP contribution in [0.25, 0.3) is 6.08 Å². The third kappa shape index (κ3) is 5.68. The molecule has 3 unspecified atom stereocenters. The molecule has 2 N–H and O–H groups in total. The van der Waals surface area contributed by atoms with Crippen LogP contribution in [0.15, 0.2) is 36.4 Å². The van der Waals surface area contributed by atoms with Gasteiger partial charge in [-0.15, -0.1) is 0 Å². The summed E-state index contributed by atoms with van der Waals surface area (Å²) in [5.74, 6) is 0.350. The molecule has 1 fully saturated rings. The normalized spacial score (nSPS) is 23.3. The second-order valence-corrected chi connectivity index (χ2v) is 13.5. The predicted octanol–water partition coefficient (Wildman–Crippen LogP) is 5.29. The summed E-state index contributed by atoms with van der Waals surface area (Å²) in [6, 6.07) is 6.51. The van der Waals surface area contributed by atoms with Gasteiger partial charge in [0, 0.05) is 53.9 Å². The Morgan fingerprint density at radius 1 is 1.12 bits per heavy atom. The third-order valence-corrected chi connectivity index (χ3v) is 10.6. The van der Waals surface area contributed by atoms with Crippen molar-refractivity contribution in [3.05, 3.63) is 80.9 Å². The number of nitrogens with zero attached hydrogens (tertiary/aromatic N) is 3. The fourth-order valence-corrected chi connectivity index (χ4v) is 8.56. The lowest BCUT2D eigenvalue weighted by Gasteiger charge is -2.60. The van der Waals surface area contributed by atoms with Crippen LogP contribution in [0, 0.1) is 25.2 Å². The highest BCUT2D eigenvalue weighted by Gasteiger charge is 2.57. The summed E-state index contributed by atoms with van der Waals surface area (Å²) < 4.78 is 63.3. The summed E-state index contributed by atoms with van der Waals surface area (Å²) in [5.41, 5.74) is 3.50. The smallest absolute Gasteiger partial charge is 0.416 e. The number of likely N-dealkylation sites (N-methyl/N-ethyl adjacent to an activating group) is 1. The van der Waals surface area contributed by atoms with Gasteiger partial charge in [0.15, 0.2) is 23.0 Å². The number of amides is 1. The zero-order valence-electron chi connectivity index (χ0n) is 29.1. The molecular weight excluding hydrogens is 681 g/mol. The number of phenolic OH excluding ortho intramolecular Hbond substituents is 1. The Hall–Kier alpha value is -5.26. The molecule has 0 saturated carbocycles. The average molecular weight is 719 g/mol. The van der Waals surface area contributed by atoms with Crippen LogP contribution in [0.5, 0.6) is 28.7 Å². The molecule has 5 atom stereocenters. The SMILES string of the molecule is COc1c(C)cc2c(c1O)C1[C@@H]3Cc4c(OC(C)=O)c(C)c5c(c4C(CNC(=O)/C=C/c4cccc(C(F)(F)F)c4)N3[C@@H](C#N)C(C2)N1C)OCO5. The van der Waals surface area contributed by atoms with E-state index in [1.807, 2.05) is 20.0 Å². The molecule has 1 saturated heterocycles. The summed E-state index contributed by atoms with van der Waals surface area (Å²) >= 11 is 0. The maximum atomic E-state index is 13.3. The van der Waals surface area contributed by atoms with E-state index < -0.39 is 47.8 Å². The number of nitrogens with one attached hydrogen (secondary N) is 1. The largest absolute Gasteiger partial charge is 0.504 e. The number of esters is 1. The molecule has 4 heterocycles. The highest BCUT2D eigenvalue weighted by Crippen LogP contribution is 2.58. The molecule has 1 amide bonds. The Kier molecular flexibility index (Phi) is 8.83. The second-order valence-electron chi connectivity index (χ2n) is 13.5. The lowest BCUT2D eigenvalue weighted by molar-refractivity contribution is -0.137. The first-order chi connectivity index (χ1) is 24.7. The number of aryl methyl sites for hydroxylation is 1. The van der Waals surface area contributed by atoms with Crippen LogP contribution in [0.1, 0.15) is 63.5 Å². The molecular formula is C38H37F3N4O7. The standard InChI is InChI=1S/C38H37F3N4O7/c1-18-11-22-13-25-27(15-42)45-26(32(44(25)4)30(22)33(48)34(18)49-5)14-24-31(37-36(50-17-51-37)19(2)35(24)52-20(3)46)28(45)16-43-29(47)10-9-21-7-6-8-23(12-21)38(39,40)41/h6-12,25-28,32,48H,13-14,16-17H2,1-5H3,(H,43,47)/b10-9+/t25?,26-,27-,28?,32?/m0/s1. The minimum atomic E-state index is -4.54. The molecule has 272 valence electrons. The van der Waals surface area contributed by atoms with Crippen LogP contribution < -0.4 is 24.3 Å². The first-order valence-electron chi connectivity index (χ1n) is 16.8. The number of fused-ring (bicyclic) bond motifs is 9. The van der Waals surface area contributed by atoms with E-state index in [4.69, 9.17) is 18.9 Å². The average Bonchev–Trinajstić information content (AvgIpc) is 3.58. The summed E-state index contributed by atoms with van der Waals surface area (Å²) in [4.78, 5) is 30.0. The van der Waals surface area contributed by atoms with E-state index in [2.05, 4.69) is 21.2 Å². The number of rotatable bonds is 6. The topological polar surface area (TPSA) is 134 Å². The van der Waals surface area contributed by atoms with Gasteiger partial charge >= 0.3 is 12.1 Å². The van der Waals surface area contributed by atoms with Gasteiger partial charge in [0.25, 0.3) is 0 Å². The molecule has 7 rings (SSSR count). The van der Waals surface area contributed by atoms with Crippen molar-refractivity contribution in [2.75, 3.05) is 27.5 Å². The van der Waals surface area contributed by atoms with Gasteiger partial charge in [-0.3, -0.25) is 19.4 Å². The fourth-order valence-electron chi connectivity index (χ4n) is 8.56. The van der Waals surface area contributed by atoms with Crippen LogP contribution in [0.2, 0.25) is 0 Å². The van der Waals surface area contributed by atoms with Gasteiger partial charge in [-0.1, -0.05) is 18.2 Å². The third-order valence-electron chi connectivity index (χ3n) is 10.6. The number of methoxy groups -OCH3 is 1. The summed E-state index contributed by atoms with van der Waals surface area (Å²) in [5, 5.41) is 25.4.